The summed E-state index contributed by atoms with van der Waals surface area (Å²) in [6.45, 7) is 9.70. The number of hydrogen-bond acceptors (Lipinski definition) is 5. The first kappa shape index (κ1) is 31.8. The quantitative estimate of drug-likeness (QED) is 0.214. The number of halogens is 6. The van der Waals surface area contributed by atoms with E-state index in [1.54, 1.807) is 47.6 Å². The van der Waals surface area contributed by atoms with Gasteiger partial charge in [-0.1, -0.05) is 0 Å². The summed E-state index contributed by atoms with van der Waals surface area (Å²) >= 11 is 0. The number of hydrogen-bond donors (Lipinski definition) is 0. The van der Waals surface area contributed by atoms with Crippen LogP contribution in [0.3, 0.4) is 0 Å². The number of benzene rings is 2. The van der Waals surface area contributed by atoms with Crippen LogP contribution in [0.15, 0.2) is 42.5 Å². The summed E-state index contributed by atoms with van der Waals surface area (Å²) in [5, 5.41) is 0.479. The predicted molar refractivity (Wildman–Crippen MR) is 139 cm³/mol. The zero-order chi connectivity index (χ0) is 31.0. The lowest BCUT2D eigenvalue weighted by Crippen LogP contribution is -2.28. The number of esters is 1. The van der Waals surface area contributed by atoms with Crippen LogP contribution in [0.4, 0.5) is 31.1 Å². The number of alkyl halides is 6. The largest absolute Gasteiger partial charge is 0.489 e. The van der Waals surface area contributed by atoms with Crippen molar-refractivity contribution < 1.29 is 50.1 Å². The van der Waals surface area contributed by atoms with Crippen molar-refractivity contribution in [2.45, 2.75) is 84.5 Å². The lowest BCUT2D eigenvalue weighted by Gasteiger charge is -2.21. The van der Waals surface area contributed by atoms with E-state index in [2.05, 4.69) is 0 Å². The van der Waals surface area contributed by atoms with Crippen LogP contribution in [0.2, 0.25) is 0 Å². The second-order valence-corrected chi connectivity index (χ2v) is 11.5. The zero-order valence-corrected chi connectivity index (χ0v) is 23.4. The van der Waals surface area contributed by atoms with Crippen LogP contribution in [-0.4, -0.2) is 27.8 Å². The molecule has 0 N–H and O–H groups in total. The van der Waals surface area contributed by atoms with Gasteiger partial charge in [0.05, 0.1) is 23.1 Å². The Morgan fingerprint density at radius 2 is 1.32 bits per heavy atom. The molecule has 12 heteroatoms. The summed E-state index contributed by atoms with van der Waals surface area (Å²) in [6, 6.07) is 7.31. The Kier molecular flexibility index (Phi) is 8.76. The first-order valence-electron chi connectivity index (χ1n) is 12.6. The van der Waals surface area contributed by atoms with Gasteiger partial charge in [-0.05, 0) is 96.0 Å². The minimum atomic E-state index is -4.98. The van der Waals surface area contributed by atoms with Crippen LogP contribution < -0.4 is 4.74 Å². The number of aryl methyl sites for hydroxylation is 1. The van der Waals surface area contributed by atoms with Gasteiger partial charge in [-0.3, -0.25) is 4.79 Å². The molecule has 0 amide bonds. The van der Waals surface area contributed by atoms with Crippen molar-refractivity contribution >= 4 is 23.0 Å². The van der Waals surface area contributed by atoms with E-state index in [1.165, 1.54) is 22.8 Å². The first-order valence-corrected chi connectivity index (χ1v) is 12.6. The van der Waals surface area contributed by atoms with Gasteiger partial charge in [0.15, 0.2) is 0 Å². The Balaban J connectivity index is 1.92. The van der Waals surface area contributed by atoms with Gasteiger partial charge < -0.3 is 14.2 Å². The number of ether oxygens (including phenoxy) is 3. The summed E-state index contributed by atoms with van der Waals surface area (Å²) in [5.74, 6) is -0.328. The summed E-state index contributed by atoms with van der Waals surface area (Å²) < 4.78 is 96.9. The van der Waals surface area contributed by atoms with Crippen LogP contribution in [0.5, 0.6) is 5.75 Å². The Morgan fingerprint density at radius 3 is 1.83 bits per heavy atom. The van der Waals surface area contributed by atoms with Gasteiger partial charge in [0.2, 0.25) is 0 Å². The topological polar surface area (TPSA) is 66.8 Å². The molecule has 0 aliphatic carbocycles. The number of carbonyl (C=O) groups excluding carboxylic acids is 2. The summed E-state index contributed by atoms with van der Waals surface area (Å²) in [4.78, 5) is 25.4. The van der Waals surface area contributed by atoms with E-state index in [-0.39, 0.29) is 30.2 Å². The molecule has 2 aromatic carbocycles. The molecule has 0 bridgehead atoms. The molecule has 1 heterocycles. The molecule has 224 valence electrons. The molecule has 0 saturated carbocycles. The molecule has 0 aliphatic rings. The highest BCUT2D eigenvalue weighted by molar-refractivity contribution is 5.92. The van der Waals surface area contributed by atoms with Gasteiger partial charge in [-0.25, -0.2) is 9.36 Å². The van der Waals surface area contributed by atoms with Gasteiger partial charge in [-0.2, -0.15) is 26.3 Å². The van der Waals surface area contributed by atoms with E-state index < -0.39 is 53.4 Å². The summed E-state index contributed by atoms with van der Waals surface area (Å²) in [6.07, 6.45) is -10.5. The lowest BCUT2D eigenvalue weighted by atomic mass is 10.1. The third kappa shape index (κ3) is 8.89. The van der Waals surface area contributed by atoms with Gasteiger partial charge in [0.1, 0.15) is 23.6 Å². The molecule has 1 aromatic heterocycles. The molecule has 0 saturated heterocycles. The average molecular weight is 588 g/mol. The van der Waals surface area contributed by atoms with E-state index in [1.807, 2.05) is 0 Å². The lowest BCUT2D eigenvalue weighted by molar-refractivity contribution is -0.154. The smallest absolute Gasteiger partial charge is 0.419 e. The third-order valence-electron chi connectivity index (χ3n) is 5.48. The van der Waals surface area contributed by atoms with Gasteiger partial charge >= 0.3 is 24.4 Å². The molecule has 3 rings (SSSR count). The normalized spacial score (nSPS) is 12.9. The SMILES string of the molecule is CC(C)(C)OC(=O)CCc1cc2cc(OCc3cc(C(F)(F)F)cc(C(F)(F)F)c3)ccc2n1C(=O)OC(C)(C)C. The molecule has 3 aromatic rings. The van der Waals surface area contributed by atoms with Crippen LogP contribution >= 0.6 is 0 Å². The monoisotopic (exact) mass is 587 g/mol. The minimum absolute atomic E-state index is 0.0309. The van der Waals surface area contributed by atoms with E-state index in [9.17, 15) is 35.9 Å². The Labute approximate surface area is 233 Å². The van der Waals surface area contributed by atoms with Crippen LogP contribution in [-0.2, 0) is 39.6 Å². The maximum Gasteiger partial charge on any atom is 0.419 e. The third-order valence-corrected chi connectivity index (χ3v) is 5.48. The van der Waals surface area contributed by atoms with Crippen LogP contribution in [0, 0.1) is 0 Å². The second kappa shape index (κ2) is 11.3. The Hall–Kier alpha value is -3.70. The fourth-order valence-electron chi connectivity index (χ4n) is 3.94. The van der Waals surface area contributed by atoms with Gasteiger partial charge in [0.25, 0.3) is 0 Å². The van der Waals surface area contributed by atoms with Gasteiger partial charge in [-0.15, -0.1) is 0 Å². The van der Waals surface area contributed by atoms with Crippen LogP contribution in [0.1, 0.15) is 70.3 Å². The van der Waals surface area contributed by atoms with E-state index in [4.69, 9.17) is 14.2 Å². The summed E-state index contributed by atoms with van der Waals surface area (Å²) in [5.41, 5.74) is -3.87. The van der Waals surface area contributed by atoms with Gasteiger partial charge in [0, 0.05) is 11.1 Å². The van der Waals surface area contributed by atoms with Crippen molar-refractivity contribution in [2.24, 2.45) is 0 Å². The highest BCUT2D eigenvalue weighted by Crippen LogP contribution is 2.37. The van der Waals surface area contributed by atoms with Crippen molar-refractivity contribution in [3.05, 3.63) is 64.8 Å². The van der Waals surface area contributed by atoms with Crippen molar-refractivity contribution in [1.29, 1.82) is 0 Å². The van der Waals surface area contributed by atoms with Crippen molar-refractivity contribution in [2.75, 3.05) is 0 Å². The highest BCUT2D eigenvalue weighted by atomic mass is 19.4. The number of nitrogens with zero attached hydrogens (tertiary/aromatic N) is 1. The number of fused-ring (bicyclic) bond motifs is 1. The van der Waals surface area contributed by atoms with E-state index in [0.29, 0.717) is 28.7 Å². The number of aromatic nitrogens is 1. The molecule has 0 fully saturated rings. The van der Waals surface area contributed by atoms with Crippen molar-refractivity contribution in [3.8, 4) is 5.75 Å². The molecule has 41 heavy (non-hydrogen) atoms. The standard InChI is InChI=1S/C29H31F6NO5/c1-26(2,3)40-24(37)10-7-21-13-18-14-22(8-9-23(18)36(21)25(38)41-27(4,5)6)39-16-17-11-19(28(30,31)32)15-20(12-17)29(33,34)35/h8-9,11-15H,7,10,16H2,1-6H3. The molecule has 6 nitrogen and oxygen atoms in total. The second-order valence-electron chi connectivity index (χ2n) is 11.5. The molecule has 0 aliphatic heterocycles. The fraction of sp³-hybridized carbons (Fsp3) is 0.448. The molecular weight excluding hydrogens is 556 g/mol. The minimum Gasteiger partial charge on any atom is -0.489 e. The summed E-state index contributed by atoms with van der Waals surface area (Å²) in [7, 11) is 0. The zero-order valence-electron chi connectivity index (χ0n) is 23.4. The maximum atomic E-state index is 13.2. The Bertz CT molecular complexity index is 1390. The van der Waals surface area contributed by atoms with Crippen LogP contribution in [0.25, 0.3) is 10.9 Å². The molecule has 0 radical (unpaired) electrons. The average Bonchev–Trinajstić information content (AvgIpc) is 3.15. The molecule has 0 spiro atoms. The first-order chi connectivity index (χ1) is 18.6. The van der Waals surface area contributed by atoms with Crippen molar-refractivity contribution in [3.63, 3.8) is 0 Å². The molecule has 0 atom stereocenters. The molecule has 0 unspecified atom stereocenters. The predicted octanol–water partition coefficient (Wildman–Crippen LogP) is 8.32. The van der Waals surface area contributed by atoms with Crippen molar-refractivity contribution in [1.82, 2.24) is 4.57 Å². The van der Waals surface area contributed by atoms with E-state index >= 15 is 0 Å². The molecular formula is C29H31F6NO5. The highest BCUT2D eigenvalue weighted by Gasteiger charge is 2.37. The fourth-order valence-corrected chi connectivity index (χ4v) is 3.94. The van der Waals surface area contributed by atoms with E-state index in [0.717, 1.165) is 0 Å². The maximum absolute atomic E-state index is 13.2. The number of carbonyl (C=O) groups is 2. The number of rotatable bonds is 6. The Morgan fingerprint density at radius 1 is 0.756 bits per heavy atom.